The van der Waals surface area contributed by atoms with Crippen molar-refractivity contribution in [2.75, 3.05) is 18.0 Å². The maximum Gasteiger partial charge on any atom is 0.262 e. The first-order chi connectivity index (χ1) is 15.0. The number of fused-ring (bicyclic) bond motifs is 1. The average molecular weight is 455 g/mol. The van der Waals surface area contributed by atoms with Gasteiger partial charge in [0.05, 0.1) is 22.8 Å². The Balaban J connectivity index is 1.51. The summed E-state index contributed by atoms with van der Waals surface area (Å²) in [5.41, 5.74) is 2.03. The zero-order chi connectivity index (χ0) is 21.8. The standard InChI is InChI=1S/C24H20Cl2N2O3/c25-17-10-11-18(19(26)14-17)24(30)28-15-22(31-21-9-5-4-8-20(21)28)23(29)27-13-12-16-6-2-1-3-7-16/h1-11,14,22H,12-13,15H2,(H,27,29)/t22-/m0/s1. The number of benzene rings is 3. The minimum Gasteiger partial charge on any atom is -0.477 e. The molecule has 0 saturated carbocycles. The lowest BCUT2D eigenvalue weighted by atomic mass is 10.1. The fourth-order valence-corrected chi connectivity index (χ4v) is 3.95. The van der Waals surface area contributed by atoms with E-state index in [2.05, 4.69) is 5.32 Å². The Hall–Kier alpha value is -3.02. The highest BCUT2D eigenvalue weighted by Crippen LogP contribution is 2.35. The molecule has 4 rings (SSSR count). The van der Waals surface area contributed by atoms with E-state index in [1.54, 1.807) is 30.3 Å². The van der Waals surface area contributed by atoms with E-state index in [0.717, 1.165) is 5.56 Å². The number of rotatable bonds is 5. The van der Waals surface area contributed by atoms with Gasteiger partial charge in [-0.05, 0) is 42.3 Å². The zero-order valence-corrected chi connectivity index (χ0v) is 18.1. The van der Waals surface area contributed by atoms with Gasteiger partial charge in [-0.25, -0.2) is 0 Å². The summed E-state index contributed by atoms with van der Waals surface area (Å²) in [5, 5.41) is 3.60. The number of carbonyl (C=O) groups is 2. The van der Waals surface area contributed by atoms with Crippen molar-refractivity contribution in [2.24, 2.45) is 0 Å². The van der Waals surface area contributed by atoms with Crippen LogP contribution in [0.25, 0.3) is 0 Å². The van der Waals surface area contributed by atoms with Crippen molar-refractivity contribution in [1.82, 2.24) is 5.32 Å². The Labute approximate surface area is 190 Å². The maximum absolute atomic E-state index is 13.3. The molecule has 3 aromatic carbocycles. The lowest BCUT2D eigenvalue weighted by molar-refractivity contribution is -0.127. The summed E-state index contributed by atoms with van der Waals surface area (Å²) in [4.78, 5) is 27.6. The molecule has 158 valence electrons. The van der Waals surface area contributed by atoms with Crippen molar-refractivity contribution in [2.45, 2.75) is 12.5 Å². The highest BCUT2D eigenvalue weighted by molar-refractivity contribution is 6.37. The summed E-state index contributed by atoms with van der Waals surface area (Å²) in [6.45, 7) is 0.549. The first kappa shape index (κ1) is 21.2. The summed E-state index contributed by atoms with van der Waals surface area (Å²) in [6, 6.07) is 21.7. The molecule has 0 aliphatic carbocycles. The van der Waals surface area contributed by atoms with E-state index >= 15 is 0 Å². The van der Waals surface area contributed by atoms with Gasteiger partial charge < -0.3 is 15.0 Å². The van der Waals surface area contributed by atoms with Crippen LogP contribution in [-0.4, -0.2) is 31.0 Å². The predicted octanol–water partition coefficient (Wildman–Crippen LogP) is 4.76. The summed E-state index contributed by atoms with van der Waals surface area (Å²) in [5.74, 6) is -0.125. The summed E-state index contributed by atoms with van der Waals surface area (Å²) in [6.07, 6.45) is -0.125. The number of amides is 2. The summed E-state index contributed by atoms with van der Waals surface area (Å²) < 4.78 is 5.90. The Morgan fingerprint density at radius 1 is 1.00 bits per heavy atom. The molecule has 1 aliphatic heterocycles. The van der Waals surface area contributed by atoms with Gasteiger partial charge in [0.25, 0.3) is 11.8 Å². The smallest absolute Gasteiger partial charge is 0.262 e. The van der Waals surface area contributed by atoms with Crippen LogP contribution >= 0.6 is 23.2 Å². The molecule has 0 aromatic heterocycles. The van der Waals surface area contributed by atoms with Gasteiger partial charge in [0.15, 0.2) is 6.10 Å². The first-order valence-electron chi connectivity index (χ1n) is 9.87. The van der Waals surface area contributed by atoms with E-state index in [4.69, 9.17) is 27.9 Å². The second-order valence-electron chi connectivity index (χ2n) is 7.14. The van der Waals surface area contributed by atoms with Crippen LogP contribution < -0.4 is 15.0 Å². The Bertz CT molecular complexity index is 1100. The number of halogens is 2. The van der Waals surface area contributed by atoms with Crippen LogP contribution in [0, 0.1) is 0 Å². The van der Waals surface area contributed by atoms with Crippen LogP contribution in [0.15, 0.2) is 72.8 Å². The highest BCUT2D eigenvalue weighted by Gasteiger charge is 2.34. The number of carbonyl (C=O) groups excluding carboxylic acids is 2. The third kappa shape index (κ3) is 4.84. The van der Waals surface area contributed by atoms with Crippen molar-refractivity contribution in [3.8, 4) is 5.75 Å². The lowest BCUT2D eigenvalue weighted by Crippen LogP contribution is -2.51. The first-order valence-corrected chi connectivity index (χ1v) is 10.6. The molecule has 3 aromatic rings. The molecule has 1 atom stereocenters. The molecule has 0 unspecified atom stereocenters. The maximum atomic E-state index is 13.3. The van der Waals surface area contributed by atoms with E-state index in [0.29, 0.717) is 35.0 Å². The fraction of sp³-hybridized carbons (Fsp3) is 0.167. The van der Waals surface area contributed by atoms with E-state index < -0.39 is 6.10 Å². The van der Waals surface area contributed by atoms with Crippen LogP contribution in [0.1, 0.15) is 15.9 Å². The molecular weight excluding hydrogens is 435 g/mol. The summed E-state index contributed by atoms with van der Waals surface area (Å²) >= 11 is 12.2. The van der Waals surface area contributed by atoms with Crippen LogP contribution in [0.3, 0.4) is 0 Å². The Morgan fingerprint density at radius 3 is 2.52 bits per heavy atom. The monoisotopic (exact) mass is 454 g/mol. The molecule has 7 heteroatoms. The van der Waals surface area contributed by atoms with Crippen molar-refractivity contribution >= 4 is 40.7 Å². The third-order valence-electron chi connectivity index (χ3n) is 5.03. The van der Waals surface area contributed by atoms with Crippen molar-refractivity contribution in [1.29, 1.82) is 0 Å². The number of anilines is 1. The van der Waals surface area contributed by atoms with Gasteiger partial charge in [-0.3, -0.25) is 9.59 Å². The molecule has 1 N–H and O–H groups in total. The van der Waals surface area contributed by atoms with E-state index in [-0.39, 0.29) is 23.4 Å². The Kier molecular flexibility index (Phi) is 6.44. The van der Waals surface area contributed by atoms with E-state index in [9.17, 15) is 9.59 Å². The lowest BCUT2D eigenvalue weighted by Gasteiger charge is -2.34. The topological polar surface area (TPSA) is 58.6 Å². The van der Waals surface area contributed by atoms with Crippen LogP contribution in [-0.2, 0) is 11.2 Å². The molecule has 0 fully saturated rings. The molecule has 0 saturated heterocycles. The minimum absolute atomic E-state index is 0.0754. The quantitative estimate of drug-likeness (QED) is 0.604. The van der Waals surface area contributed by atoms with E-state index in [1.807, 2.05) is 36.4 Å². The van der Waals surface area contributed by atoms with Crippen molar-refractivity contribution in [3.05, 3.63) is 94.0 Å². The molecule has 5 nitrogen and oxygen atoms in total. The Morgan fingerprint density at radius 2 is 1.74 bits per heavy atom. The number of para-hydroxylation sites is 2. The number of hydrogen-bond acceptors (Lipinski definition) is 3. The van der Waals surface area contributed by atoms with Gasteiger partial charge in [0.2, 0.25) is 0 Å². The van der Waals surface area contributed by atoms with Crippen molar-refractivity contribution < 1.29 is 14.3 Å². The molecule has 0 radical (unpaired) electrons. The normalized spacial score (nSPS) is 15.0. The van der Waals surface area contributed by atoms with Gasteiger partial charge in [-0.15, -0.1) is 0 Å². The highest BCUT2D eigenvalue weighted by atomic mass is 35.5. The average Bonchev–Trinajstić information content (AvgIpc) is 2.78. The minimum atomic E-state index is -0.833. The second kappa shape index (κ2) is 9.41. The van der Waals surface area contributed by atoms with Gasteiger partial charge in [-0.2, -0.15) is 0 Å². The molecule has 0 bridgehead atoms. The van der Waals surface area contributed by atoms with Crippen LogP contribution in [0.4, 0.5) is 5.69 Å². The van der Waals surface area contributed by atoms with Gasteiger partial charge >= 0.3 is 0 Å². The van der Waals surface area contributed by atoms with E-state index in [1.165, 1.54) is 11.0 Å². The number of nitrogens with zero attached hydrogens (tertiary/aromatic N) is 1. The molecule has 0 spiro atoms. The second-order valence-corrected chi connectivity index (χ2v) is 7.98. The molecular formula is C24H20Cl2N2O3. The molecule has 2 amide bonds. The van der Waals surface area contributed by atoms with Gasteiger partial charge in [0, 0.05) is 11.6 Å². The molecule has 1 aliphatic rings. The van der Waals surface area contributed by atoms with Gasteiger partial charge in [0.1, 0.15) is 5.75 Å². The molecule has 1 heterocycles. The fourth-order valence-electron chi connectivity index (χ4n) is 3.46. The largest absolute Gasteiger partial charge is 0.477 e. The SMILES string of the molecule is O=C(NCCc1ccccc1)[C@@H]1CN(C(=O)c2ccc(Cl)cc2Cl)c2ccccc2O1. The van der Waals surface area contributed by atoms with Crippen LogP contribution in [0.5, 0.6) is 5.75 Å². The van der Waals surface area contributed by atoms with Crippen molar-refractivity contribution in [3.63, 3.8) is 0 Å². The number of nitrogens with one attached hydrogen (secondary N) is 1. The zero-order valence-electron chi connectivity index (χ0n) is 16.6. The summed E-state index contributed by atoms with van der Waals surface area (Å²) in [7, 11) is 0. The molecule has 31 heavy (non-hydrogen) atoms. The third-order valence-corrected chi connectivity index (χ3v) is 5.58. The van der Waals surface area contributed by atoms with Crippen LogP contribution in [0.2, 0.25) is 10.0 Å². The number of ether oxygens (including phenoxy) is 1. The van der Waals surface area contributed by atoms with Gasteiger partial charge in [-0.1, -0.05) is 65.7 Å². The number of hydrogen-bond donors (Lipinski definition) is 1. The predicted molar refractivity (Wildman–Crippen MR) is 122 cm³/mol.